The lowest BCUT2D eigenvalue weighted by molar-refractivity contribution is -0.120. The zero-order valence-corrected chi connectivity index (χ0v) is 15.9. The maximum Gasteiger partial charge on any atom is 0.315 e. The summed E-state index contributed by atoms with van der Waals surface area (Å²) in [6.45, 7) is 0.529. The summed E-state index contributed by atoms with van der Waals surface area (Å²) >= 11 is 0. The predicted molar refractivity (Wildman–Crippen MR) is 103 cm³/mol. The monoisotopic (exact) mass is 389 g/mol. The highest BCUT2D eigenvalue weighted by Crippen LogP contribution is 2.27. The molecular weight excluding hydrogens is 365 g/mol. The molecule has 0 aliphatic rings. The van der Waals surface area contributed by atoms with E-state index in [1.54, 1.807) is 26.4 Å². The zero-order chi connectivity index (χ0) is 20.4. The average molecular weight is 389 g/mol. The van der Waals surface area contributed by atoms with Gasteiger partial charge < -0.3 is 25.4 Å². The number of nitrogens with one attached hydrogen (secondary N) is 3. The Hall–Kier alpha value is -3.29. The molecule has 3 amide bonds. The summed E-state index contributed by atoms with van der Waals surface area (Å²) in [5, 5.41) is 7.81. The van der Waals surface area contributed by atoms with Crippen molar-refractivity contribution in [2.45, 2.75) is 13.0 Å². The highest BCUT2D eigenvalue weighted by molar-refractivity contribution is 5.83. The van der Waals surface area contributed by atoms with Gasteiger partial charge in [-0.3, -0.25) is 4.79 Å². The van der Waals surface area contributed by atoms with E-state index in [2.05, 4.69) is 16.0 Å². The SMILES string of the molecule is COc1ccc(CCNC(=O)CNC(=O)NCc2ccc(F)cc2)cc1OC. The molecule has 0 aromatic heterocycles. The molecule has 7 nitrogen and oxygen atoms in total. The summed E-state index contributed by atoms with van der Waals surface area (Å²) in [6, 6.07) is 10.9. The van der Waals surface area contributed by atoms with E-state index in [0.717, 1.165) is 11.1 Å². The van der Waals surface area contributed by atoms with E-state index in [1.165, 1.54) is 12.1 Å². The minimum atomic E-state index is -0.473. The number of hydrogen-bond donors (Lipinski definition) is 3. The van der Waals surface area contributed by atoms with E-state index in [0.29, 0.717) is 24.5 Å². The van der Waals surface area contributed by atoms with Gasteiger partial charge in [-0.15, -0.1) is 0 Å². The highest BCUT2D eigenvalue weighted by atomic mass is 19.1. The number of carbonyl (C=O) groups excluding carboxylic acids is 2. The lowest BCUT2D eigenvalue weighted by Crippen LogP contribution is -2.42. The molecule has 2 aromatic rings. The molecule has 28 heavy (non-hydrogen) atoms. The van der Waals surface area contributed by atoms with Gasteiger partial charge in [0.1, 0.15) is 5.82 Å². The molecule has 3 N–H and O–H groups in total. The van der Waals surface area contributed by atoms with E-state index < -0.39 is 6.03 Å². The molecular formula is C20H24FN3O4. The molecule has 0 unspecified atom stereocenters. The number of amides is 3. The third-order valence-corrected chi connectivity index (χ3v) is 3.96. The summed E-state index contributed by atoms with van der Waals surface area (Å²) in [7, 11) is 3.14. The fraction of sp³-hybridized carbons (Fsp3) is 0.300. The van der Waals surface area contributed by atoms with Crippen molar-refractivity contribution in [2.24, 2.45) is 0 Å². The lowest BCUT2D eigenvalue weighted by atomic mass is 10.1. The third kappa shape index (κ3) is 6.79. The molecule has 150 valence electrons. The standard InChI is InChI=1S/C20H24FN3O4/c1-27-17-8-5-14(11-18(17)28-2)9-10-22-19(25)13-24-20(26)23-12-15-3-6-16(21)7-4-15/h3-8,11H,9-10,12-13H2,1-2H3,(H,22,25)(H2,23,24,26). The van der Waals surface area contributed by atoms with E-state index in [9.17, 15) is 14.0 Å². The molecule has 2 aromatic carbocycles. The quantitative estimate of drug-likeness (QED) is 0.612. The number of ether oxygens (including phenoxy) is 2. The van der Waals surface area contributed by atoms with Crippen LogP contribution in [0.4, 0.5) is 9.18 Å². The van der Waals surface area contributed by atoms with Crippen molar-refractivity contribution in [3.8, 4) is 11.5 Å². The van der Waals surface area contributed by atoms with Crippen LogP contribution in [0.1, 0.15) is 11.1 Å². The lowest BCUT2D eigenvalue weighted by Gasteiger charge is -2.11. The molecule has 0 aliphatic heterocycles. The Labute approximate surface area is 163 Å². The normalized spacial score (nSPS) is 10.1. The van der Waals surface area contributed by atoms with Gasteiger partial charge in [-0.1, -0.05) is 18.2 Å². The smallest absolute Gasteiger partial charge is 0.315 e. The molecule has 0 radical (unpaired) electrons. The summed E-state index contributed by atoms with van der Waals surface area (Å²) in [5.74, 6) is 0.646. The third-order valence-electron chi connectivity index (χ3n) is 3.96. The Balaban J connectivity index is 1.65. The first-order valence-corrected chi connectivity index (χ1v) is 8.75. The van der Waals surface area contributed by atoms with Crippen molar-refractivity contribution in [2.75, 3.05) is 27.3 Å². The van der Waals surface area contributed by atoms with Gasteiger partial charge in [0, 0.05) is 13.1 Å². The van der Waals surface area contributed by atoms with Gasteiger partial charge in [-0.2, -0.15) is 0 Å². The Kier molecular flexibility index (Phi) is 8.08. The molecule has 0 heterocycles. The highest BCUT2D eigenvalue weighted by Gasteiger charge is 2.07. The van der Waals surface area contributed by atoms with E-state index in [4.69, 9.17) is 9.47 Å². The van der Waals surface area contributed by atoms with Crippen LogP contribution in [-0.4, -0.2) is 39.2 Å². The largest absolute Gasteiger partial charge is 0.493 e. The van der Waals surface area contributed by atoms with Crippen LogP contribution in [0, 0.1) is 5.82 Å². The second-order valence-corrected chi connectivity index (χ2v) is 5.95. The first-order valence-electron chi connectivity index (χ1n) is 8.75. The van der Waals surface area contributed by atoms with Crippen molar-refractivity contribution >= 4 is 11.9 Å². The van der Waals surface area contributed by atoms with Crippen LogP contribution in [0.25, 0.3) is 0 Å². The minimum absolute atomic E-state index is 0.138. The second kappa shape index (κ2) is 10.8. The summed E-state index contributed by atoms with van der Waals surface area (Å²) in [4.78, 5) is 23.5. The average Bonchev–Trinajstić information content (AvgIpc) is 2.71. The fourth-order valence-electron chi connectivity index (χ4n) is 2.45. The van der Waals surface area contributed by atoms with E-state index >= 15 is 0 Å². The van der Waals surface area contributed by atoms with Crippen LogP contribution >= 0.6 is 0 Å². The molecule has 2 rings (SSSR count). The first kappa shape index (κ1) is 21.0. The minimum Gasteiger partial charge on any atom is -0.493 e. The van der Waals surface area contributed by atoms with E-state index in [1.807, 2.05) is 18.2 Å². The number of methoxy groups -OCH3 is 2. The van der Waals surface area contributed by atoms with Gasteiger partial charge in [0.2, 0.25) is 5.91 Å². The molecule has 8 heteroatoms. The number of urea groups is 1. The molecule has 0 aliphatic carbocycles. The number of benzene rings is 2. The molecule has 0 spiro atoms. The zero-order valence-electron chi connectivity index (χ0n) is 15.9. The number of hydrogen-bond acceptors (Lipinski definition) is 4. The van der Waals surface area contributed by atoms with Crippen LogP contribution in [0.2, 0.25) is 0 Å². The topological polar surface area (TPSA) is 88.7 Å². The Bertz CT molecular complexity index is 797. The number of halogens is 1. The summed E-state index contributed by atoms with van der Waals surface area (Å²) in [6.07, 6.45) is 0.614. The van der Waals surface area contributed by atoms with Crippen molar-refractivity contribution < 1.29 is 23.5 Å². The van der Waals surface area contributed by atoms with Crippen LogP contribution < -0.4 is 25.4 Å². The van der Waals surface area contributed by atoms with Crippen LogP contribution in [0.15, 0.2) is 42.5 Å². The first-order chi connectivity index (χ1) is 13.5. The van der Waals surface area contributed by atoms with Gasteiger partial charge >= 0.3 is 6.03 Å². The van der Waals surface area contributed by atoms with Crippen LogP contribution in [0.5, 0.6) is 11.5 Å². The van der Waals surface area contributed by atoms with Gasteiger partial charge in [0.15, 0.2) is 11.5 Å². The molecule has 0 saturated heterocycles. The van der Waals surface area contributed by atoms with Gasteiger partial charge in [-0.05, 0) is 41.8 Å². The van der Waals surface area contributed by atoms with Crippen molar-refractivity contribution in [3.63, 3.8) is 0 Å². The Morgan fingerprint density at radius 1 is 0.893 bits per heavy atom. The van der Waals surface area contributed by atoms with Gasteiger partial charge in [0.25, 0.3) is 0 Å². The maximum absolute atomic E-state index is 12.8. The van der Waals surface area contributed by atoms with Crippen molar-refractivity contribution in [1.82, 2.24) is 16.0 Å². The summed E-state index contributed by atoms with van der Waals surface area (Å²) < 4.78 is 23.2. The molecule has 0 fully saturated rings. The second-order valence-electron chi connectivity index (χ2n) is 5.95. The maximum atomic E-state index is 12.8. The van der Waals surface area contributed by atoms with Crippen LogP contribution in [0.3, 0.4) is 0 Å². The Morgan fingerprint density at radius 3 is 2.25 bits per heavy atom. The van der Waals surface area contributed by atoms with Crippen molar-refractivity contribution in [1.29, 1.82) is 0 Å². The van der Waals surface area contributed by atoms with Gasteiger partial charge in [-0.25, -0.2) is 9.18 Å². The number of rotatable bonds is 9. The molecule has 0 saturated carbocycles. The number of carbonyl (C=O) groups is 2. The predicted octanol–water partition coefficient (Wildman–Crippen LogP) is 2.00. The van der Waals surface area contributed by atoms with Gasteiger partial charge in [0.05, 0.1) is 20.8 Å². The molecule has 0 bridgehead atoms. The van der Waals surface area contributed by atoms with Crippen LogP contribution in [-0.2, 0) is 17.8 Å². The van der Waals surface area contributed by atoms with E-state index in [-0.39, 0.29) is 24.8 Å². The fourth-order valence-corrected chi connectivity index (χ4v) is 2.45. The van der Waals surface area contributed by atoms with Crippen molar-refractivity contribution in [3.05, 3.63) is 59.4 Å². The molecule has 0 atom stereocenters. The Morgan fingerprint density at radius 2 is 1.57 bits per heavy atom. The summed E-state index contributed by atoms with van der Waals surface area (Å²) in [5.41, 5.74) is 1.75.